The Balaban J connectivity index is 2.10. The number of hydrogen-bond acceptors (Lipinski definition) is 1. The zero-order valence-electron chi connectivity index (χ0n) is 10.00. The molecular formula is C15H11Br2IO. The van der Waals surface area contributed by atoms with Gasteiger partial charge >= 0.3 is 0 Å². The monoisotopic (exact) mass is 492 g/mol. The van der Waals surface area contributed by atoms with Crippen molar-refractivity contribution in [1.82, 2.24) is 0 Å². The molecule has 0 radical (unpaired) electrons. The summed E-state index contributed by atoms with van der Waals surface area (Å²) in [5, 5.41) is 0. The van der Waals surface area contributed by atoms with E-state index in [0.29, 0.717) is 0 Å². The van der Waals surface area contributed by atoms with E-state index in [2.05, 4.69) is 90.8 Å². The van der Waals surface area contributed by atoms with Crippen molar-refractivity contribution >= 4 is 54.5 Å². The Morgan fingerprint density at radius 3 is 2.74 bits per heavy atom. The van der Waals surface area contributed by atoms with Gasteiger partial charge in [-0.15, -0.1) is 0 Å². The third-order valence-corrected chi connectivity index (χ3v) is 5.66. The van der Waals surface area contributed by atoms with Crippen LogP contribution in [0.25, 0.3) is 0 Å². The van der Waals surface area contributed by atoms with Crippen LogP contribution in [-0.4, -0.2) is 6.61 Å². The molecule has 1 nitrogen and oxygen atoms in total. The molecule has 0 saturated carbocycles. The molecule has 0 aliphatic carbocycles. The molecule has 1 atom stereocenters. The van der Waals surface area contributed by atoms with Crippen molar-refractivity contribution in [1.29, 1.82) is 0 Å². The van der Waals surface area contributed by atoms with E-state index in [1.165, 1.54) is 20.3 Å². The number of alkyl halides is 1. The predicted octanol–water partition coefficient (Wildman–Crippen LogP) is 5.47. The Hall–Kier alpha value is -0.0700. The Labute approximate surface area is 143 Å². The van der Waals surface area contributed by atoms with Crippen LogP contribution in [0, 0.1) is 3.57 Å². The number of rotatable bonds is 2. The van der Waals surface area contributed by atoms with Crippen molar-refractivity contribution in [3.8, 4) is 5.75 Å². The largest absolute Gasteiger partial charge is 0.493 e. The molecule has 19 heavy (non-hydrogen) atoms. The molecule has 0 bridgehead atoms. The third-order valence-electron chi connectivity index (χ3n) is 3.23. The molecule has 1 heterocycles. The summed E-state index contributed by atoms with van der Waals surface area (Å²) in [6.45, 7) is 0.782. The maximum Gasteiger partial charge on any atom is 0.127 e. The van der Waals surface area contributed by atoms with E-state index in [1.54, 1.807) is 0 Å². The van der Waals surface area contributed by atoms with Crippen LogP contribution in [0.15, 0.2) is 40.9 Å². The maximum atomic E-state index is 5.81. The minimum absolute atomic E-state index is 0.157. The van der Waals surface area contributed by atoms with Gasteiger partial charge in [0.05, 0.1) is 11.4 Å². The zero-order chi connectivity index (χ0) is 13.4. The molecule has 0 saturated heterocycles. The number of benzene rings is 2. The van der Waals surface area contributed by atoms with E-state index >= 15 is 0 Å². The number of halogens is 3. The average Bonchev–Trinajstić information content (AvgIpc) is 2.85. The van der Waals surface area contributed by atoms with Gasteiger partial charge in [-0.25, -0.2) is 0 Å². The molecule has 2 aromatic carbocycles. The predicted molar refractivity (Wildman–Crippen MR) is 93.3 cm³/mol. The van der Waals surface area contributed by atoms with Crippen LogP contribution in [0.2, 0.25) is 0 Å². The third kappa shape index (κ3) is 2.72. The van der Waals surface area contributed by atoms with Crippen molar-refractivity contribution in [2.24, 2.45) is 0 Å². The van der Waals surface area contributed by atoms with E-state index < -0.39 is 0 Å². The van der Waals surface area contributed by atoms with Crippen molar-refractivity contribution in [2.75, 3.05) is 6.61 Å². The van der Waals surface area contributed by atoms with Crippen LogP contribution in [0.5, 0.6) is 5.75 Å². The maximum absolute atomic E-state index is 5.81. The summed E-state index contributed by atoms with van der Waals surface area (Å²) < 4.78 is 8.18. The standard InChI is InChI=1S/C15H11Br2IO/c16-10-7-9-5-6-19-15(9)12(8-10)14(17)11-3-1-2-4-13(11)18/h1-4,7-8,14H,5-6H2. The molecule has 1 aliphatic heterocycles. The molecule has 3 rings (SSSR count). The topological polar surface area (TPSA) is 9.23 Å². The molecule has 98 valence electrons. The second-order valence-electron chi connectivity index (χ2n) is 4.47. The molecule has 1 aliphatic rings. The van der Waals surface area contributed by atoms with Gasteiger partial charge in [0.2, 0.25) is 0 Å². The fourth-order valence-electron chi connectivity index (χ4n) is 2.33. The fourth-order valence-corrected chi connectivity index (χ4v) is 4.72. The molecule has 2 aromatic rings. The lowest BCUT2D eigenvalue weighted by atomic mass is 10.0. The zero-order valence-corrected chi connectivity index (χ0v) is 15.3. The summed E-state index contributed by atoms with van der Waals surface area (Å²) >= 11 is 9.80. The van der Waals surface area contributed by atoms with Gasteiger partial charge in [0.15, 0.2) is 0 Å². The van der Waals surface area contributed by atoms with E-state index in [9.17, 15) is 0 Å². The van der Waals surface area contributed by atoms with E-state index in [1.807, 2.05) is 0 Å². The molecular weight excluding hydrogens is 483 g/mol. The highest BCUT2D eigenvalue weighted by Crippen LogP contribution is 2.43. The van der Waals surface area contributed by atoms with Crippen LogP contribution in [0.3, 0.4) is 0 Å². The highest BCUT2D eigenvalue weighted by Gasteiger charge is 2.23. The van der Waals surface area contributed by atoms with Crippen molar-refractivity contribution in [2.45, 2.75) is 11.2 Å². The van der Waals surface area contributed by atoms with Crippen LogP contribution in [0.1, 0.15) is 21.5 Å². The Bertz CT molecular complexity index is 628. The molecule has 0 aromatic heterocycles. The average molecular weight is 494 g/mol. The van der Waals surface area contributed by atoms with Crippen molar-refractivity contribution in [3.05, 3.63) is 61.1 Å². The smallest absolute Gasteiger partial charge is 0.127 e. The molecule has 0 amide bonds. The highest BCUT2D eigenvalue weighted by molar-refractivity contribution is 14.1. The second-order valence-corrected chi connectivity index (χ2v) is 7.46. The van der Waals surface area contributed by atoms with Gasteiger partial charge in [0, 0.05) is 20.0 Å². The van der Waals surface area contributed by atoms with Gasteiger partial charge in [-0.2, -0.15) is 0 Å². The SMILES string of the molecule is Brc1cc2c(c(C(Br)c3ccccc3I)c1)OCC2. The summed E-state index contributed by atoms with van der Waals surface area (Å²) in [6.07, 6.45) is 0.993. The van der Waals surface area contributed by atoms with E-state index in [4.69, 9.17) is 4.74 Å². The van der Waals surface area contributed by atoms with Gasteiger partial charge in [-0.3, -0.25) is 0 Å². The number of hydrogen-bond donors (Lipinski definition) is 0. The van der Waals surface area contributed by atoms with Gasteiger partial charge in [0.25, 0.3) is 0 Å². The van der Waals surface area contributed by atoms with E-state index in [-0.39, 0.29) is 4.83 Å². The summed E-state index contributed by atoms with van der Waals surface area (Å²) in [5.74, 6) is 1.05. The minimum Gasteiger partial charge on any atom is -0.493 e. The number of fused-ring (bicyclic) bond motifs is 1. The fraction of sp³-hybridized carbons (Fsp3) is 0.200. The Morgan fingerprint density at radius 1 is 1.16 bits per heavy atom. The molecule has 0 spiro atoms. The summed E-state index contributed by atoms with van der Waals surface area (Å²) in [4.78, 5) is 0.157. The lowest BCUT2D eigenvalue weighted by molar-refractivity contribution is 0.354. The second kappa shape index (κ2) is 5.74. The first-order chi connectivity index (χ1) is 9.16. The van der Waals surface area contributed by atoms with Gasteiger partial charge in [-0.05, 0) is 51.9 Å². The summed E-state index contributed by atoms with van der Waals surface area (Å²) in [5.41, 5.74) is 3.77. The number of ether oxygens (including phenoxy) is 1. The van der Waals surface area contributed by atoms with Crippen molar-refractivity contribution in [3.63, 3.8) is 0 Å². The van der Waals surface area contributed by atoms with Crippen LogP contribution >= 0.6 is 54.5 Å². The molecule has 0 N–H and O–H groups in total. The van der Waals surface area contributed by atoms with Gasteiger partial charge in [-0.1, -0.05) is 50.1 Å². The summed E-state index contributed by atoms with van der Waals surface area (Å²) in [7, 11) is 0. The first-order valence-electron chi connectivity index (χ1n) is 6.00. The lowest BCUT2D eigenvalue weighted by Gasteiger charge is -2.16. The minimum atomic E-state index is 0.157. The Morgan fingerprint density at radius 2 is 1.95 bits per heavy atom. The van der Waals surface area contributed by atoms with Crippen LogP contribution in [-0.2, 0) is 6.42 Å². The molecule has 4 heteroatoms. The summed E-state index contributed by atoms with van der Waals surface area (Å²) in [6, 6.07) is 12.7. The lowest BCUT2D eigenvalue weighted by Crippen LogP contribution is -1.99. The van der Waals surface area contributed by atoms with Gasteiger partial charge < -0.3 is 4.74 Å². The van der Waals surface area contributed by atoms with E-state index in [0.717, 1.165) is 23.2 Å². The normalized spacial score (nSPS) is 14.9. The van der Waals surface area contributed by atoms with Crippen LogP contribution < -0.4 is 4.74 Å². The molecule has 0 fully saturated rings. The first-order valence-corrected chi connectivity index (χ1v) is 8.79. The van der Waals surface area contributed by atoms with Gasteiger partial charge in [0.1, 0.15) is 5.75 Å². The molecule has 1 unspecified atom stereocenters. The van der Waals surface area contributed by atoms with Crippen molar-refractivity contribution < 1.29 is 4.74 Å². The first kappa shape index (κ1) is 13.9. The quantitative estimate of drug-likeness (QED) is 0.398. The van der Waals surface area contributed by atoms with Crippen LogP contribution in [0.4, 0.5) is 0 Å². The highest BCUT2D eigenvalue weighted by atomic mass is 127. The Kier molecular flexibility index (Phi) is 4.19.